The molecule has 1 aliphatic rings. The molecule has 1 aliphatic heterocycles. The zero-order valence-electron chi connectivity index (χ0n) is 12.8. The smallest absolute Gasteiger partial charge is 0.270 e. The molecule has 6 heteroatoms. The van der Waals surface area contributed by atoms with Crippen molar-refractivity contribution in [1.29, 1.82) is 0 Å². The van der Waals surface area contributed by atoms with E-state index in [9.17, 15) is 9.59 Å². The van der Waals surface area contributed by atoms with Crippen LogP contribution in [0.1, 0.15) is 18.4 Å². The van der Waals surface area contributed by atoms with Crippen LogP contribution in [0.25, 0.3) is 0 Å². The molecule has 0 spiro atoms. The van der Waals surface area contributed by atoms with Gasteiger partial charge >= 0.3 is 0 Å². The minimum absolute atomic E-state index is 0.0896. The first-order valence-corrected chi connectivity index (χ1v) is 8.31. The van der Waals surface area contributed by atoms with Crippen molar-refractivity contribution in [3.63, 3.8) is 0 Å². The molecule has 1 aromatic heterocycles. The van der Waals surface area contributed by atoms with E-state index in [1.54, 1.807) is 23.3 Å². The van der Waals surface area contributed by atoms with Crippen molar-refractivity contribution in [1.82, 2.24) is 4.90 Å². The molecule has 0 atom stereocenters. The Balaban J connectivity index is 1.78. The molecule has 23 heavy (non-hydrogen) atoms. The van der Waals surface area contributed by atoms with Crippen LogP contribution in [-0.4, -0.2) is 29.5 Å². The van der Waals surface area contributed by atoms with Gasteiger partial charge in [0.15, 0.2) is 0 Å². The zero-order chi connectivity index (χ0) is 16.2. The highest BCUT2D eigenvalue weighted by Crippen LogP contribution is 2.20. The minimum atomic E-state index is -0.135. The molecule has 0 aliphatic carbocycles. The zero-order valence-corrected chi connectivity index (χ0v) is 13.6. The highest BCUT2D eigenvalue weighted by atomic mass is 32.1. The molecule has 0 unspecified atom stereocenters. The fourth-order valence-electron chi connectivity index (χ4n) is 2.43. The number of hydrazone groups is 1. The maximum absolute atomic E-state index is 12.6. The molecule has 0 saturated heterocycles. The van der Waals surface area contributed by atoms with Crippen molar-refractivity contribution in [3.05, 3.63) is 52.7 Å². The number of rotatable bonds is 4. The van der Waals surface area contributed by atoms with E-state index in [1.165, 1.54) is 5.01 Å². The number of anilines is 1. The van der Waals surface area contributed by atoms with Crippen molar-refractivity contribution in [2.75, 3.05) is 12.1 Å². The van der Waals surface area contributed by atoms with Gasteiger partial charge in [-0.15, -0.1) is 0 Å². The first kappa shape index (κ1) is 15.4. The van der Waals surface area contributed by atoms with Crippen molar-refractivity contribution < 1.29 is 9.59 Å². The number of hydrogen-bond donors (Lipinski definition) is 0. The SMILES string of the molecule is CN(Cc1ccsc1)C(=O)C1=NN(c2ccccc2)C(=O)CC1. The van der Waals surface area contributed by atoms with Crippen LogP contribution in [0.3, 0.4) is 0 Å². The molecule has 5 nitrogen and oxygen atoms in total. The third kappa shape index (κ3) is 3.48. The summed E-state index contributed by atoms with van der Waals surface area (Å²) in [4.78, 5) is 26.3. The second kappa shape index (κ2) is 6.75. The standard InChI is InChI=1S/C17H17N3O2S/c1-19(11-13-9-10-23-12-13)17(22)15-7-8-16(21)20(18-15)14-5-3-2-4-6-14/h2-6,9-10,12H,7-8,11H2,1H3. The van der Waals surface area contributed by atoms with Crippen LogP contribution in [0.15, 0.2) is 52.3 Å². The second-order valence-electron chi connectivity index (χ2n) is 5.38. The van der Waals surface area contributed by atoms with Gasteiger partial charge in [-0.05, 0) is 34.5 Å². The molecule has 0 bridgehead atoms. The van der Waals surface area contributed by atoms with Gasteiger partial charge in [0.25, 0.3) is 5.91 Å². The number of benzene rings is 1. The summed E-state index contributed by atoms with van der Waals surface area (Å²) in [5.74, 6) is -0.224. The molecule has 2 amide bonds. The number of nitrogens with zero attached hydrogens (tertiary/aromatic N) is 3. The summed E-state index contributed by atoms with van der Waals surface area (Å²) >= 11 is 1.61. The summed E-state index contributed by atoms with van der Waals surface area (Å²) in [7, 11) is 1.76. The van der Waals surface area contributed by atoms with E-state index in [4.69, 9.17) is 0 Å². The number of para-hydroxylation sites is 1. The third-order valence-electron chi connectivity index (χ3n) is 3.63. The molecular weight excluding hydrogens is 310 g/mol. The summed E-state index contributed by atoms with van der Waals surface area (Å²) in [5.41, 5.74) is 2.20. The Morgan fingerprint density at radius 1 is 1.26 bits per heavy atom. The highest BCUT2D eigenvalue weighted by molar-refractivity contribution is 7.07. The van der Waals surface area contributed by atoms with Gasteiger partial charge in [0.2, 0.25) is 5.91 Å². The molecule has 0 saturated carbocycles. The second-order valence-corrected chi connectivity index (χ2v) is 6.16. The fraction of sp³-hybridized carbons (Fsp3) is 0.235. The maximum Gasteiger partial charge on any atom is 0.270 e. The molecule has 3 rings (SSSR count). The van der Waals surface area contributed by atoms with Crippen LogP contribution in [0.2, 0.25) is 0 Å². The summed E-state index contributed by atoms with van der Waals surface area (Å²) in [5, 5.41) is 9.63. The van der Waals surface area contributed by atoms with Crippen molar-refractivity contribution in [2.45, 2.75) is 19.4 Å². The van der Waals surface area contributed by atoms with E-state index in [2.05, 4.69) is 5.10 Å². The molecule has 0 N–H and O–H groups in total. The lowest BCUT2D eigenvalue weighted by Gasteiger charge is -2.25. The van der Waals surface area contributed by atoms with Crippen LogP contribution in [0, 0.1) is 0 Å². The number of carbonyl (C=O) groups is 2. The van der Waals surface area contributed by atoms with Crippen LogP contribution >= 0.6 is 11.3 Å². The van der Waals surface area contributed by atoms with E-state index in [0.29, 0.717) is 30.8 Å². The van der Waals surface area contributed by atoms with Crippen molar-refractivity contribution >= 4 is 34.6 Å². The van der Waals surface area contributed by atoms with E-state index < -0.39 is 0 Å². The lowest BCUT2D eigenvalue weighted by molar-refractivity contribution is -0.123. The Bertz CT molecular complexity index is 726. The average Bonchev–Trinajstić information content (AvgIpc) is 3.08. The summed E-state index contributed by atoms with van der Waals surface area (Å²) < 4.78 is 0. The summed E-state index contributed by atoms with van der Waals surface area (Å²) in [6.45, 7) is 0.542. The normalized spacial score (nSPS) is 14.6. The molecular formula is C17H17N3O2S. The first-order valence-electron chi connectivity index (χ1n) is 7.37. The molecule has 0 fully saturated rings. The Morgan fingerprint density at radius 2 is 2.04 bits per heavy atom. The largest absolute Gasteiger partial charge is 0.336 e. The highest BCUT2D eigenvalue weighted by Gasteiger charge is 2.27. The number of thiophene rings is 1. The van der Waals surface area contributed by atoms with Gasteiger partial charge in [-0.2, -0.15) is 16.4 Å². The summed E-state index contributed by atoms with van der Waals surface area (Å²) in [6.07, 6.45) is 0.681. The Kier molecular flexibility index (Phi) is 4.52. The number of hydrogen-bond acceptors (Lipinski definition) is 4. The van der Waals surface area contributed by atoms with Crippen LogP contribution in [-0.2, 0) is 16.1 Å². The van der Waals surface area contributed by atoms with Gasteiger partial charge in [-0.25, -0.2) is 5.01 Å². The van der Waals surface area contributed by atoms with Crippen LogP contribution in [0.4, 0.5) is 5.69 Å². The lowest BCUT2D eigenvalue weighted by Crippen LogP contribution is -2.39. The summed E-state index contributed by atoms with van der Waals surface area (Å²) in [6, 6.07) is 11.2. The van der Waals surface area contributed by atoms with E-state index in [-0.39, 0.29) is 11.8 Å². The Morgan fingerprint density at radius 3 is 2.74 bits per heavy atom. The van der Waals surface area contributed by atoms with E-state index in [0.717, 1.165) is 5.56 Å². The molecule has 2 aromatic rings. The van der Waals surface area contributed by atoms with Gasteiger partial charge in [-0.1, -0.05) is 18.2 Å². The minimum Gasteiger partial charge on any atom is -0.336 e. The van der Waals surface area contributed by atoms with Gasteiger partial charge in [0, 0.05) is 26.4 Å². The predicted molar refractivity (Wildman–Crippen MR) is 91.4 cm³/mol. The number of amides is 2. The van der Waals surface area contributed by atoms with E-state index in [1.807, 2.05) is 47.2 Å². The molecule has 0 radical (unpaired) electrons. The van der Waals surface area contributed by atoms with Gasteiger partial charge < -0.3 is 4.90 Å². The molecule has 118 valence electrons. The topological polar surface area (TPSA) is 53.0 Å². The van der Waals surface area contributed by atoms with Crippen LogP contribution in [0.5, 0.6) is 0 Å². The first-order chi connectivity index (χ1) is 11.1. The van der Waals surface area contributed by atoms with Gasteiger partial charge in [-0.3, -0.25) is 9.59 Å². The van der Waals surface area contributed by atoms with Crippen molar-refractivity contribution in [3.8, 4) is 0 Å². The predicted octanol–water partition coefficient (Wildman–Crippen LogP) is 2.89. The van der Waals surface area contributed by atoms with Gasteiger partial charge in [0.05, 0.1) is 5.69 Å². The Labute approximate surface area is 138 Å². The fourth-order valence-corrected chi connectivity index (χ4v) is 3.09. The number of carbonyl (C=O) groups excluding carboxylic acids is 2. The average molecular weight is 327 g/mol. The van der Waals surface area contributed by atoms with Crippen molar-refractivity contribution in [2.24, 2.45) is 5.10 Å². The Hall–Kier alpha value is -2.47. The quantitative estimate of drug-likeness (QED) is 0.867. The third-order valence-corrected chi connectivity index (χ3v) is 4.36. The van der Waals surface area contributed by atoms with Crippen LogP contribution < -0.4 is 5.01 Å². The molecule has 2 heterocycles. The monoisotopic (exact) mass is 327 g/mol. The van der Waals surface area contributed by atoms with E-state index >= 15 is 0 Å². The maximum atomic E-state index is 12.6. The molecule has 1 aromatic carbocycles. The lowest BCUT2D eigenvalue weighted by atomic mass is 10.1. The van der Waals surface area contributed by atoms with Gasteiger partial charge in [0.1, 0.15) is 5.71 Å².